The van der Waals surface area contributed by atoms with Gasteiger partial charge in [-0.05, 0) is 67.3 Å². The fourth-order valence-corrected chi connectivity index (χ4v) is 6.84. The normalized spacial score (nSPS) is 49.7. The minimum atomic E-state index is -0.109. The predicted molar refractivity (Wildman–Crippen MR) is 89.4 cm³/mol. The molecule has 1 N–H and O–H groups in total. The number of fused-ring (bicyclic) bond motifs is 5. The zero-order valence-corrected chi connectivity index (χ0v) is 14.3. The third-order valence-electron chi connectivity index (χ3n) is 8.09. The zero-order chi connectivity index (χ0) is 16.6. The van der Waals surface area contributed by atoms with Crippen LogP contribution in [0.15, 0.2) is 12.2 Å². The van der Waals surface area contributed by atoms with E-state index < -0.39 is 0 Å². The Morgan fingerprint density at radius 2 is 1.83 bits per heavy atom. The van der Waals surface area contributed by atoms with Crippen molar-refractivity contribution >= 4 is 17.3 Å². The van der Waals surface area contributed by atoms with Crippen LogP contribution in [-0.2, 0) is 9.59 Å². The van der Waals surface area contributed by atoms with Gasteiger partial charge in [0.15, 0.2) is 0 Å². The van der Waals surface area contributed by atoms with Gasteiger partial charge in [0.1, 0.15) is 5.78 Å². The molecular formula is C20H27NO2. The summed E-state index contributed by atoms with van der Waals surface area (Å²) in [7, 11) is 0. The second kappa shape index (κ2) is 4.64. The Kier molecular flexibility index (Phi) is 3.09. The molecule has 23 heavy (non-hydrogen) atoms. The standard InChI is InChI=1S/C20H27NO2/c1-11-10-20(3)14-8-9-19(2)13(6-7-16(19)22)12(14)4-5-15(20)17(21)18(11)23/h12-15,21H,1,4-10H2,2-3H3/t12-,13-,14+,15?,19-,20+/m0/s1. The third kappa shape index (κ3) is 1.79. The van der Waals surface area contributed by atoms with E-state index in [1.54, 1.807) is 0 Å². The van der Waals surface area contributed by atoms with E-state index in [1.807, 2.05) is 0 Å². The van der Waals surface area contributed by atoms with Crippen LogP contribution in [0.4, 0.5) is 0 Å². The van der Waals surface area contributed by atoms with Gasteiger partial charge in [-0.1, -0.05) is 20.4 Å². The largest absolute Gasteiger partial charge is 0.301 e. The van der Waals surface area contributed by atoms with Crippen molar-refractivity contribution in [3.63, 3.8) is 0 Å². The molecule has 0 aromatic heterocycles. The van der Waals surface area contributed by atoms with Crippen LogP contribution in [0.25, 0.3) is 0 Å². The molecule has 0 amide bonds. The Bertz CT molecular complexity index is 636. The highest BCUT2D eigenvalue weighted by molar-refractivity contribution is 6.46. The molecule has 4 aliphatic rings. The van der Waals surface area contributed by atoms with Gasteiger partial charge in [0.2, 0.25) is 5.78 Å². The summed E-state index contributed by atoms with van der Waals surface area (Å²) in [5.74, 6) is 2.12. The quantitative estimate of drug-likeness (QED) is 0.688. The lowest BCUT2D eigenvalue weighted by atomic mass is 9.44. The first-order valence-corrected chi connectivity index (χ1v) is 9.13. The highest BCUT2D eigenvalue weighted by atomic mass is 16.1. The lowest BCUT2D eigenvalue weighted by Crippen LogP contribution is -2.56. The molecule has 0 bridgehead atoms. The average molecular weight is 313 g/mol. The Morgan fingerprint density at radius 1 is 1.09 bits per heavy atom. The van der Waals surface area contributed by atoms with E-state index in [4.69, 9.17) is 5.41 Å². The van der Waals surface area contributed by atoms with Crippen molar-refractivity contribution in [3.8, 4) is 0 Å². The summed E-state index contributed by atoms with van der Waals surface area (Å²) in [6, 6.07) is 0. The number of nitrogens with one attached hydrogen (secondary N) is 1. The number of carbonyl (C=O) groups is 2. The van der Waals surface area contributed by atoms with Gasteiger partial charge in [-0.25, -0.2) is 0 Å². The molecule has 0 aromatic carbocycles. The number of hydrogen-bond donors (Lipinski definition) is 1. The molecule has 0 saturated heterocycles. The second-order valence-electron chi connectivity index (χ2n) is 8.95. The van der Waals surface area contributed by atoms with Crippen LogP contribution in [0.1, 0.15) is 58.8 Å². The first-order valence-electron chi connectivity index (χ1n) is 9.13. The maximum atomic E-state index is 12.4. The van der Waals surface area contributed by atoms with Gasteiger partial charge >= 0.3 is 0 Å². The molecule has 0 heterocycles. The fourth-order valence-electron chi connectivity index (χ4n) is 6.84. The number of carbonyl (C=O) groups excluding carboxylic acids is 2. The SMILES string of the molecule is C=C1C[C@@]2(C)C(CC[C@@H]3[C@H]2CC[C@]2(C)C(=O)CC[C@@H]32)C(=N)C1=O. The van der Waals surface area contributed by atoms with Gasteiger partial charge in [0.25, 0.3) is 0 Å². The van der Waals surface area contributed by atoms with Crippen molar-refractivity contribution in [2.24, 2.45) is 34.5 Å². The Hall–Kier alpha value is -1.25. The van der Waals surface area contributed by atoms with E-state index in [2.05, 4.69) is 20.4 Å². The van der Waals surface area contributed by atoms with Crippen LogP contribution in [0, 0.1) is 39.9 Å². The molecule has 4 rings (SSSR count). The maximum Gasteiger partial charge on any atom is 0.202 e. The van der Waals surface area contributed by atoms with Crippen molar-refractivity contribution < 1.29 is 9.59 Å². The first kappa shape index (κ1) is 15.3. The number of Topliss-reactive ketones (excluding diaryl/α,β-unsaturated/α-hetero) is 2. The van der Waals surface area contributed by atoms with Crippen molar-refractivity contribution in [1.29, 1.82) is 5.41 Å². The van der Waals surface area contributed by atoms with Crippen LogP contribution in [-0.4, -0.2) is 17.3 Å². The van der Waals surface area contributed by atoms with Crippen LogP contribution >= 0.6 is 0 Å². The van der Waals surface area contributed by atoms with E-state index in [9.17, 15) is 9.59 Å². The minimum absolute atomic E-state index is 0.00202. The molecule has 6 atom stereocenters. The highest BCUT2D eigenvalue weighted by Gasteiger charge is 2.61. The maximum absolute atomic E-state index is 12.4. The van der Waals surface area contributed by atoms with Gasteiger partial charge in [-0.2, -0.15) is 0 Å². The Morgan fingerprint density at radius 3 is 2.57 bits per heavy atom. The smallest absolute Gasteiger partial charge is 0.202 e. The van der Waals surface area contributed by atoms with Gasteiger partial charge < -0.3 is 5.41 Å². The molecule has 3 heteroatoms. The molecule has 0 aliphatic heterocycles. The van der Waals surface area contributed by atoms with Gasteiger partial charge in [-0.3, -0.25) is 9.59 Å². The van der Waals surface area contributed by atoms with Crippen molar-refractivity contribution in [3.05, 3.63) is 12.2 Å². The van der Waals surface area contributed by atoms with Crippen LogP contribution < -0.4 is 0 Å². The average Bonchev–Trinajstić information content (AvgIpc) is 2.80. The molecule has 4 aliphatic carbocycles. The van der Waals surface area contributed by atoms with E-state index in [1.165, 1.54) is 0 Å². The van der Waals surface area contributed by atoms with Crippen LogP contribution in [0.3, 0.4) is 0 Å². The van der Waals surface area contributed by atoms with E-state index in [0.717, 1.165) is 44.9 Å². The Labute approximate surface area is 138 Å². The summed E-state index contributed by atoms with van der Waals surface area (Å²) in [5, 5.41) is 8.33. The molecule has 0 aromatic rings. The number of ketones is 2. The van der Waals surface area contributed by atoms with Crippen LogP contribution in [0.2, 0.25) is 0 Å². The van der Waals surface area contributed by atoms with Crippen molar-refractivity contribution in [2.75, 3.05) is 0 Å². The van der Waals surface area contributed by atoms with E-state index >= 15 is 0 Å². The van der Waals surface area contributed by atoms with Crippen molar-refractivity contribution in [2.45, 2.75) is 58.8 Å². The molecule has 4 fully saturated rings. The Balaban J connectivity index is 1.71. The molecule has 3 nitrogen and oxygen atoms in total. The fraction of sp³-hybridized carbons (Fsp3) is 0.750. The van der Waals surface area contributed by atoms with Crippen LogP contribution in [0.5, 0.6) is 0 Å². The lowest BCUT2D eigenvalue weighted by Gasteiger charge is -2.59. The predicted octanol–water partition coefficient (Wildman–Crippen LogP) is 3.96. The summed E-state index contributed by atoms with van der Waals surface area (Å²) < 4.78 is 0. The molecule has 124 valence electrons. The zero-order valence-electron chi connectivity index (χ0n) is 14.3. The first-order chi connectivity index (χ1) is 10.8. The summed E-state index contributed by atoms with van der Waals surface area (Å²) in [6.07, 6.45) is 6.65. The van der Waals surface area contributed by atoms with Gasteiger partial charge in [0, 0.05) is 17.8 Å². The third-order valence-corrected chi connectivity index (χ3v) is 8.09. The lowest BCUT2D eigenvalue weighted by molar-refractivity contribution is -0.135. The van der Waals surface area contributed by atoms with Crippen molar-refractivity contribution in [1.82, 2.24) is 0 Å². The summed E-state index contributed by atoms with van der Waals surface area (Å²) >= 11 is 0. The van der Waals surface area contributed by atoms with Gasteiger partial charge in [0.05, 0.1) is 5.71 Å². The van der Waals surface area contributed by atoms with Gasteiger partial charge in [-0.15, -0.1) is 0 Å². The second-order valence-corrected chi connectivity index (χ2v) is 8.95. The number of rotatable bonds is 0. The summed E-state index contributed by atoms with van der Waals surface area (Å²) in [4.78, 5) is 24.6. The molecule has 0 radical (unpaired) electrons. The number of allylic oxidation sites excluding steroid dienone is 1. The van der Waals surface area contributed by atoms with E-state index in [0.29, 0.717) is 34.8 Å². The highest BCUT2D eigenvalue weighted by Crippen LogP contribution is 2.65. The molecular weight excluding hydrogens is 286 g/mol. The number of hydrogen-bond acceptors (Lipinski definition) is 3. The minimum Gasteiger partial charge on any atom is -0.301 e. The topological polar surface area (TPSA) is 58.0 Å². The monoisotopic (exact) mass is 313 g/mol. The molecule has 4 saturated carbocycles. The molecule has 0 spiro atoms. The van der Waals surface area contributed by atoms with E-state index in [-0.39, 0.29) is 22.5 Å². The summed E-state index contributed by atoms with van der Waals surface area (Å²) in [5.41, 5.74) is 0.834. The summed E-state index contributed by atoms with van der Waals surface area (Å²) in [6.45, 7) is 8.46. The molecule has 1 unspecified atom stereocenters.